The molecule has 0 fully saturated rings. The topological polar surface area (TPSA) is 9.23 Å². The van der Waals surface area contributed by atoms with E-state index in [0.717, 1.165) is 13.0 Å². The van der Waals surface area contributed by atoms with Gasteiger partial charge in [-0.15, -0.1) is 0 Å². The molecule has 0 aromatic rings. The van der Waals surface area contributed by atoms with Crippen molar-refractivity contribution in [2.75, 3.05) is 6.61 Å². The first kappa shape index (κ1) is 21.2. The summed E-state index contributed by atoms with van der Waals surface area (Å²) in [7, 11) is 0. The summed E-state index contributed by atoms with van der Waals surface area (Å²) in [6, 6.07) is 0. The number of ether oxygens (including phenoxy) is 1. The van der Waals surface area contributed by atoms with Crippen molar-refractivity contribution in [1.29, 1.82) is 0 Å². The van der Waals surface area contributed by atoms with Crippen molar-refractivity contribution in [3.8, 4) is 0 Å². The molecule has 98 valence electrons. The maximum absolute atomic E-state index is 5.11. The van der Waals surface area contributed by atoms with Crippen LogP contribution in [0.2, 0.25) is 0 Å². The second-order valence-corrected chi connectivity index (χ2v) is 5.38. The van der Waals surface area contributed by atoms with Crippen molar-refractivity contribution in [2.45, 2.75) is 71.1 Å². The van der Waals surface area contributed by atoms with E-state index in [1.807, 2.05) is 0 Å². The van der Waals surface area contributed by atoms with Gasteiger partial charge in [0, 0.05) is 0 Å². The molecule has 0 radical (unpaired) electrons. The predicted molar refractivity (Wildman–Crippen MR) is 86.5 cm³/mol. The molecule has 4 heteroatoms. The van der Waals surface area contributed by atoms with Crippen molar-refractivity contribution in [3.63, 3.8) is 0 Å². The van der Waals surface area contributed by atoms with Crippen LogP contribution in [-0.4, -0.2) is 62.4 Å². The van der Waals surface area contributed by atoms with Crippen LogP contribution in [-0.2, 0) is 4.74 Å². The van der Waals surface area contributed by atoms with Gasteiger partial charge in [0.2, 0.25) is 4.38 Å². The molecule has 0 aliphatic rings. The average Bonchev–Trinajstić information content (AvgIpc) is 2.25. The Hall–Kier alpha value is 1.88. The van der Waals surface area contributed by atoms with Gasteiger partial charge in [0.1, 0.15) is 0 Å². The van der Waals surface area contributed by atoms with E-state index >= 15 is 0 Å². The fraction of sp³-hybridized carbons (Fsp3) is 0.923. The molecule has 0 saturated carbocycles. The molecule has 1 nitrogen and oxygen atoms in total. The van der Waals surface area contributed by atoms with Crippen molar-refractivity contribution in [1.82, 2.24) is 0 Å². The van der Waals surface area contributed by atoms with Crippen LogP contribution in [0.3, 0.4) is 0 Å². The first-order valence-electron chi connectivity index (χ1n) is 6.63. The maximum atomic E-state index is 5.11. The van der Waals surface area contributed by atoms with Crippen molar-refractivity contribution >= 4 is 80.6 Å². The second-order valence-electron chi connectivity index (χ2n) is 4.30. The van der Waals surface area contributed by atoms with Gasteiger partial charge in [0.15, 0.2) is 0 Å². The third-order valence-corrected chi connectivity index (χ3v) is 2.97. The summed E-state index contributed by atoms with van der Waals surface area (Å²) in [5.41, 5.74) is 0. The Kier molecular flexibility index (Phi) is 22.3. The molecule has 0 atom stereocenters. The minimum absolute atomic E-state index is 0. The van der Waals surface area contributed by atoms with E-state index < -0.39 is 0 Å². The SMILES string of the molecule is CCCCCCCCCCCCOC(=S)S.[KH]. The number of hydrogen-bond donors (Lipinski definition) is 1. The quantitative estimate of drug-likeness (QED) is 0.261. The predicted octanol–water partition coefficient (Wildman–Crippen LogP) is 4.49. The third-order valence-electron chi connectivity index (χ3n) is 2.72. The van der Waals surface area contributed by atoms with Gasteiger partial charge in [-0.2, -0.15) is 0 Å². The summed E-state index contributed by atoms with van der Waals surface area (Å²) in [6.07, 6.45) is 13.5. The van der Waals surface area contributed by atoms with E-state index in [0.29, 0.717) is 4.38 Å². The van der Waals surface area contributed by atoms with Crippen LogP contribution in [0.25, 0.3) is 0 Å². The van der Waals surface area contributed by atoms with Crippen molar-refractivity contribution in [2.24, 2.45) is 0 Å². The van der Waals surface area contributed by atoms with E-state index in [4.69, 9.17) is 17.0 Å². The van der Waals surface area contributed by atoms with Crippen LogP contribution < -0.4 is 0 Å². The van der Waals surface area contributed by atoms with E-state index in [-0.39, 0.29) is 51.4 Å². The first-order valence-corrected chi connectivity index (χ1v) is 7.48. The first-order chi connectivity index (χ1) is 7.77. The fourth-order valence-corrected chi connectivity index (χ4v) is 1.92. The van der Waals surface area contributed by atoms with Crippen LogP contribution >= 0.6 is 24.8 Å². The summed E-state index contributed by atoms with van der Waals surface area (Å²) < 4.78 is 5.48. The van der Waals surface area contributed by atoms with E-state index in [9.17, 15) is 0 Å². The number of rotatable bonds is 11. The second kappa shape index (κ2) is 17.9. The molecular formula is C13H27KOS2. The molecule has 0 rings (SSSR count). The molecule has 0 saturated heterocycles. The molecule has 0 spiro atoms. The Morgan fingerprint density at radius 1 is 0.882 bits per heavy atom. The molecule has 0 heterocycles. The van der Waals surface area contributed by atoms with Crippen molar-refractivity contribution < 1.29 is 4.74 Å². The Morgan fingerprint density at radius 2 is 1.29 bits per heavy atom. The number of unbranched alkanes of at least 4 members (excludes halogenated alkanes) is 9. The molecule has 0 aliphatic heterocycles. The molecule has 0 amide bonds. The van der Waals surface area contributed by atoms with Gasteiger partial charge in [-0.05, 0) is 18.6 Å². The molecule has 0 N–H and O–H groups in total. The molecule has 0 unspecified atom stereocenters. The summed E-state index contributed by atoms with van der Waals surface area (Å²) in [6.45, 7) is 3.00. The van der Waals surface area contributed by atoms with Gasteiger partial charge >= 0.3 is 51.4 Å². The van der Waals surface area contributed by atoms with Crippen LogP contribution in [0.5, 0.6) is 0 Å². The Balaban J connectivity index is 0. The molecule has 17 heavy (non-hydrogen) atoms. The number of thiol groups is 1. The summed E-state index contributed by atoms with van der Waals surface area (Å²) in [5.74, 6) is 0. The molecule has 0 aromatic heterocycles. The van der Waals surface area contributed by atoms with Gasteiger partial charge in [0.05, 0.1) is 6.61 Å². The van der Waals surface area contributed by atoms with E-state index in [2.05, 4.69) is 19.6 Å². The van der Waals surface area contributed by atoms with Gasteiger partial charge in [-0.3, -0.25) is 0 Å². The molecule has 0 bridgehead atoms. The van der Waals surface area contributed by atoms with Gasteiger partial charge in [-0.25, -0.2) is 0 Å². The standard InChI is InChI=1S/C13H26OS2.K.H/c1-2-3-4-5-6-7-8-9-10-11-12-14-13(15)16;;/h2-12H2,1H3,(H,15,16);;. The van der Waals surface area contributed by atoms with Crippen LogP contribution in [0, 0.1) is 0 Å². The zero-order valence-corrected chi connectivity index (χ0v) is 12.3. The number of hydrogen-bond acceptors (Lipinski definition) is 2. The zero-order valence-electron chi connectivity index (χ0n) is 10.5. The minimum atomic E-state index is 0. The summed E-state index contributed by atoms with van der Waals surface area (Å²) in [5, 5.41) is 0. The Bertz CT molecular complexity index is 165. The Labute approximate surface area is 161 Å². The number of thiocarbonyl (C=S) groups is 1. The monoisotopic (exact) mass is 302 g/mol. The molecular weight excluding hydrogens is 275 g/mol. The summed E-state index contributed by atoms with van der Waals surface area (Å²) >= 11 is 8.61. The van der Waals surface area contributed by atoms with Crippen LogP contribution in [0.4, 0.5) is 0 Å². The molecule has 0 aromatic carbocycles. The van der Waals surface area contributed by atoms with E-state index in [1.54, 1.807) is 0 Å². The summed E-state index contributed by atoms with van der Waals surface area (Å²) in [4.78, 5) is 0. The molecule has 0 aliphatic carbocycles. The van der Waals surface area contributed by atoms with E-state index in [1.165, 1.54) is 57.8 Å². The third kappa shape index (κ3) is 20.4. The van der Waals surface area contributed by atoms with Crippen LogP contribution in [0.15, 0.2) is 0 Å². The van der Waals surface area contributed by atoms with Gasteiger partial charge in [-0.1, -0.05) is 77.3 Å². The average molecular weight is 303 g/mol. The van der Waals surface area contributed by atoms with Gasteiger partial charge in [0.25, 0.3) is 0 Å². The normalized spacial score (nSPS) is 9.76. The van der Waals surface area contributed by atoms with Crippen molar-refractivity contribution in [3.05, 3.63) is 0 Å². The van der Waals surface area contributed by atoms with Crippen LogP contribution in [0.1, 0.15) is 71.1 Å². The zero-order chi connectivity index (χ0) is 12.1. The van der Waals surface area contributed by atoms with Gasteiger partial charge < -0.3 is 4.74 Å². The fourth-order valence-electron chi connectivity index (χ4n) is 1.75. The Morgan fingerprint density at radius 3 is 1.71 bits per heavy atom.